The third-order valence-corrected chi connectivity index (χ3v) is 5.69. The van der Waals surface area contributed by atoms with Crippen molar-refractivity contribution in [1.29, 1.82) is 0 Å². The van der Waals surface area contributed by atoms with E-state index in [0.717, 1.165) is 16.2 Å². The standard InChI is InChI=1S/C13H14FNO3S2/c1-9-8-10(2-4-12(9)14)15-20(17,18)13-5-3-11(19-13)6-7-16/h2-5,8,15-16H,6-7H2,1H3. The molecule has 2 rings (SSSR count). The number of halogens is 1. The Bertz CT molecular complexity index is 710. The molecular weight excluding hydrogens is 301 g/mol. The summed E-state index contributed by atoms with van der Waals surface area (Å²) in [5.41, 5.74) is 0.693. The largest absolute Gasteiger partial charge is 0.396 e. The van der Waals surface area contributed by atoms with Gasteiger partial charge in [0, 0.05) is 23.6 Å². The van der Waals surface area contributed by atoms with E-state index in [1.54, 1.807) is 13.0 Å². The second kappa shape index (κ2) is 5.90. The third-order valence-electron chi connectivity index (χ3n) is 2.67. The van der Waals surface area contributed by atoms with Gasteiger partial charge in [0.2, 0.25) is 0 Å². The van der Waals surface area contributed by atoms with E-state index in [4.69, 9.17) is 5.11 Å². The predicted octanol–water partition coefficient (Wildman–Crippen LogP) is 2.53. The van der Waals surface area contributed by atoms with Gasteiger partial charge in [0.1, 0.15) is 10.0 Å². The Hall–Kier alpha value is -1.44. The van der Waals surface area contributed by atoms with Crippen LogP contribution in [0, 0.1) is 12.7 Å². The molecule has 0 amide bonds. The molecule has 0 aliphatic heterocycles. The maximum atomic E-state index is 13.1. The molecule has 0 saturated carbocycles. The minimum absolute atomic E-state index is 0.0232. The molecule has 20 heavy (non-hydrogen) atoms. The van der Waals surface area contributed by atoms with Gasteiger partial charge in [0.15, 0.2) is 0 Å². The Labute approximate surface area is 120 Å². The van der Waals surface area contributed by atoms with Crippen LogP contribution in [0.4, 0.5) is 10.1 Å². The number of anilines is 1. The van der Waals surface area contributed by atoms with Gasteiger partial charge in [0.25, 0.3) is 10.0 Å². The summed E-state index contributed by atoms with van der Waals surface area (Å²) in [6.45, 7) is 1.54. The fourth-order valence-electron chi connectivity index (χ4n) is 1.66. The maximum absolute atomic E-state index is 13.1. The van der Waals surface area contributed by atoms with Crippen molar-refractivity contribution < 1.29 is 17.9 Å². The van der Waals surface area contributed by atoms with E-state index >= 15 is 0 Å². The SMILES string of the molecule is Cc1cc(NS(=O)(=O)c2ccc(CCO)s2)ccc1F. The van der Waals surface area contributed by atoms with Crippen molar-refractivity contribution >= 4 is 27.0 Å². The summed E-state index contributed by atoms with van der Waals surface area (Å²) in [5, 5.41) is 8.83. The van der Waals surface area contributed by atoms with Gasteiger partial charge in [-0.25, -0.2) is 12.8 Å². The molecule has 2 N–H and O–H groups in total. The Kier molecular flexibility index (Phi) is 4.42. The Morgan fingerprint density at radius 1 is 1.30 bits per heavy atom. The smallest absolute Gasteiger partial charge is 0.271 e. The van der Waals surface area contributed by atoms with Crippen LogP contribution in [0.15, 0.2) is 34.5 Å². The van der Waals surface area contributed by atoms with Crippen molar-refractivity contribution in [1.82, 2.24) is 0 Å². The van der Waals surface area contributed by atoms with Crippen molar-refractivity contribution in [3.8, 4) is 0 Å². The van der Waals surface area contributed by atoms with Gasteiger partial charge >= 0.3 is 0 Å². The number of aliphatic hydroxyl groups is 1. The molecule has 0 aliphatic carbocycles. The van der Waals surface area contributed by atoms with Crippen LogP contribution in [0.25, 0.3) is 0 Å². The first-order chi connectivity index (χ1) is 9.42. The van der Waals surface area contributed by atoms with E-state index < -0.39 is 10.0 Å². The number of hydrogen-bond acceptors (Lipinski definition) is 4. The molecule has 0 bridgehead atoms. The first kappa shape index (κ1) is 15.0. The molecular formula is C13H14FNO3S2. The second-order valence-corrected chi connectivity index (χ2v) is 7.34. The minimum atomic E-state index is -3.68. The Balaban J connectivity index is 2.23. The lowest BCUT2D eigenvalue weighted by atomic mass is 10.2. The molecule has 7 heteroatoms. The average molecular weight is 315 g/mol. The number of nitrogens with one attached hydrogen (secondary N) is 1. The molecule has 0 radical (unpaired) electrons. The van der Waals surface area contributed by atoms with E-state index in [9.17, 15) is 12.8 Å². The molecule has 0 unspecified atom stereocenters. The van der Waals surface area contributed by atoms with Gasteiger partial charge in [-0.3, -0.25) is 4.72 Å². The molecule has 2 aromatic rings. The molecule has 0 saturated heterocycles. The lowest BCUT2D eigenvalue weighted by Crippen LogP contribution is -2.11. The molecule has 1 aromatic carbocycles. The maximum Gasteiger partial charge on any atom is 0.271 e. The monoisotopic (exact) mass is 315 g/mol. The van der Waals surface area contributed by atoms with Crippen molar-refractivity contribution in [2.45, 2.75) is 17.6 Å². The lowest BCUT2D eigenvalue weighted by Gasteiger charge is -2.07. The van der Waals surface area contributed by atoms with Crippen LogP contribution in [-0.2, 0) is 16.4 Å². The molecule has 1 heterocycles. The van der Waals surface area contributed by atoms with Crippen molar-refractivity contribution in [3.05, 3.63) is 46.6 Å². The number of aryl methyl sites for hydroxylation is 1. The summed E-state index contributed by atoms with van der Waals surface area (Å²) < 4.78 is 40.0. The van der Waals surface area contributed by atoms with Crippen LogP contribution < -0.4 is 4.72 Å². The fourth-order valence-corrected chi connectivity index (χ4v) is 4.05. The summed E-state index contributed by atoms with van der Waals surface area (Å²) in [7, 11) is -3.68. The summed E-state index contributed by atoms with van der Waals surface area (Å²) in [4.78, 5) is 0.795. The van der Waals surface area contributed by atoms with Crippen molar-refractivity contribution in [2.75, 3.05) is 11.3 Å². The van der Waals surface area contributed by atoms with Gasteiger partial charge in [-0.1, -0.05) is 0 Å². The highest BCUT2D eigenvalue weighted by atomic mass is 32.2. The molecule has 0 aliphatic rings. The summed E-state index contributed by atoms with van der Waals surface area (Å²) in [6, 6.07) is 7.20. The normalized spacial score (nSPS) is 11.6. The van der Waals surface area contributed by atoms with Crippen molar-refractivity contribution in [3.63, 3.8) is 0 Å². The number of sulfonamides is 1. The number of hydrogen-bond donors (Lipinski definition) is 2. The van der Waals surface area contributed by atoms with E-state index in [0.29, 0.717) is 17.7 Å². The van der Waals surface area contributed by atoms with Gasteiger partial charge in [-0.05, 0) is 42.8 Å². The topological polar surface area (TPSA) is 66.4 Å². The van der Waals surface area contributed by atoms with Crippen LogP contribution >= 0.6 is 11.3 Å². The van der Waals surface area contributed by atoms with Crippen LogP contribution in [-0.4, -0.2) is 20.1 Å². The van der Waals surface area contributed by atoms with Crippen LogP contribution in [0.2, 0.25) is 0 Å². The van der Waals surface area contributed by atoms with Crippen molar-refractivity contribution in [2.24, 2.45) is 0 Å². The highest BCUT2D eigenvalue weighted by Gasteiger charge is 2.17. The molecule has 108 valence electrons. The number of aliphatic hydroxyl groups excluding tert-OH is 1. The first-order valence-electron chi connectivity index (χ1n) is 5.91. The Morgan fingerprint density at radius 2 is 2.05 bits per heavy atom. The highest BCUT2D eigenvalue weighted by molar-refractivity contribution is 7.94. The summed E-state index contributed by atoms with van der Waals surface area (Å²) in [6.07, 6.45) is 0.426. The number of rotatable bonds is 5. The molecule has 1 aromatic heterocycles. The average Bonchev–Trinajstić information content (AvgIpc) is 2.83. The molecule has 0 spiro atoms. The van der Waals surface area contributed by atoms with E-state index in [1.807, 2.05) is 0 Å². The fraction of sp³-hybridized carbons (Fsp3) is 0.231. The summed E-state index contributed by atoms with van der Waals surface area (Å²) in [5.74, 6) is -0.380. The first-order valence-corrected chi connectivity index (χ1v) is 8.21. The molecule has 4 nitrogen and oxygen atoms in total. The van der Waals surface area contributed by atoms with Gasteiger partial charge in [0.05, 0.1) is 0 Å². The third kappa shape index (κ3) is 3.36. The zero-order valence-corrected chi connectivity index (χ0v) is 12.4. The lowest BCUT2D eigenvalue weighted by molar-refractivity contribution is 0.300. The van der Waals surface area contributed by atoms with Gasteiger partial charge in [-0.2, -0.15) is 0 Å². The predicted molar refractivity (Wildman–Crippen MR) is 77.1 cm³/mol. The summed E-state index contributed by atoms with van der Waals surface area (Å²) >= 11 is 1.11. The van der Waals surface area contributed by atoms with Gasteiger partial charge < -0.3 is 5.11 Å². The highest BCUT2D eigenvalue weighted by Crippen LogP contribution is 2.25. The molecule has 0 atom stereocenters. The molecule has 0 fully saturated rings. The minimum Gasteiger partial charge on any atom is -0.396 e. The van der Waals surface area contributed by atoms with Crippen LogP contribution in [0.5, 0.6) is 0 Å². The zero-order chi connectivity index (χ0) is 14.8. The number of benzene rings is 1. The van der Waals surface area contributed by atoms with E-state index in [-0.39, 0.29) is 16.6 Å². The quantitative estimate of drug-likeness (QED) is 0.891. The Morgan fingerprint density at radius 3 is 2.70 bits per heavy atom. The second-order valence-electron chi connectivity index (χ2n) is 4.26. The van der Waals surface area contributed by atoms with Crippen LogP contribution in [0.1, 0.15) is 10.4 Å². The van der Waals surface area contributed by atoms with Crippen LogP contribution in [0.3, 0.4) is 0 Å². The van der Waals surface area contributed by atoms with E-state index in [1.165, 1.54) is 24.3 Å². The van der Waals surface area contributed by atoms with Gasteiger partial charge in [-0.15, -0.1) is 11.3 Å². The number of thiophene rings is 1. The zero-order valence-electron chi connectivity index (χ0n) is 10.8. The van der Waals surface area contributed by atoms with E-state index in [2.05, 4.69) is 4.72 Å².